The lowest BCUT2D eigenvalue weighted by Gasteiger charge is -2.56. The summed E-state index contributed by atoms with van der Waals surface area (Å²) in [5, 5.41) is 10.6. The largest absolute Gasteiger partial charge is 0.482 e. The minimum atomic E-state index is -0.631. The van der Waals surface area contributed by atoms with Crippen LogP contribution in [-0.2, 0) is 16.6 Å². The van der Waals surface area contributed by atoms with Crippen LogP contribution < -0.4 is 9.47 Å². The highest BCUT2D eigenvalue weighted by Gasteiger charge is 2.64. The second-order valence-corrected chi connectivity index (χ2v) is 7.50. The Morgan fingerprint density at radius 3 is 2.74 bits per heavy atom. The van der Waals surface area contributed by atoms with Crippen molar-refractivity contribution in [3.05, 3.63) is 35.4 Å². The Hall–Kier alpha value is -1.97. The minimum Gasteiger partial charge on any atom is -0.482 e. The van der Waals surface area contributed by atoms with Crippen molar-refractivity contribution in [2.75, 3.05) is 13.6 Å². The predicted molar refractivity (Wildman–Crippen MR) is 98.1 cm³/mol. The number of rotatable bonds is 1. The van der Waals surface area contributed by atoms with Crippen LogP contribution >= 0.6 is 0 Å². The molecule has 8 heteroatoms. The van der Waals surface area contributed by atoms with Crippen LogP contribution in [0.15, 0.2) is 24.3 Å². The highest BCUT2D eigenvalue weighted by Crippen LogP contribution is 2.62. The summed E-state index contributed by atoms with van der Waals surface area (Å²) in [6.07, 6.45) is 5.04. The van der Waals surface area contributed by atoms with Crippen LogP contribution in [0.2, 0.25) is 0 Å². The number of aliphatic hydroxyl groups is 1. The number of aliphatic hydroxyl groups excluding tert-OH is 1. The smallest absolute Gasteiger partial charge is 0.308 e. The number of esters is 1. The molecule has 0 saturated carbocycles. The van der Waals surface area contributed by atoms with E-state index in [9.17, 15) is 9.90 Å². The number of benzene rings is 1. The summed E-state index contributed by atoms with van der Waals surface area (Å²) < 4.78 is 11.7. The fourth-order valence-corrected chi connectivity index (χ4v) is 5.46. The highest BCUT2D eigenvalue weighted by molar-refractivity contribution is 5.72. The van der Waals surface area contributed by atoms with Crippen LogP contribution in [0.3, 0.4) is 0 Å². The van der Waals surface area contributed by atoms with Crippen LogP contribution in [0.5, 0.6) is 11.5 Å². The first-order chi connectivity index (χ1) is 11.5. The van der Waals surface area contributed by atoms with Gasteiger partial charge in [-0.25, -0.2) is 0 Å². The average Bonchev–Trinajstić information content (AvgIpc) is 2.89. The van der Waals surface area contributed by atoms with Crippen molar-refractivity contribution < 1.29 is 35.8 Å². The average molecular weight is 381 g/mol. The summed E-state index contributed by atoms with van der Waals surface area (Å²) in [6, 6.07) is 4.32. The zero-order valence-corrected chi connectivity index (χ0v) is 15.4. The summed E-state index contributed by atoms with van der Waals surface area (Å²) in [4.78, 5) is 13.9. The van der Waals surface area contributed by atoms with Gasteiger partial charge in [-0.2, -0.15) is 0 Å². The lowest BCUT2D eigenvalue weighted by atomic mass is 9.53. The van der Waals surface area contributed by atoms with Gasteiger partial charge in [0.15, 0.2) is 11.5 Å². The molecule has 2 bridgehead atoms. The van der Waals surface area contributed by atoms with E-state index in [-0.39, 0.29) is 33.9 Å². The molecule has 1 spiro atoms. The van der Waals surface area contributed by atoms with E-state index in [1.54, 1.807) is 0 Å². The Balaban J connectivity index is 0.000000871. The van der Waals surface area contributed by atoms with Crippen LogP contribution in [0.1, 0.15) is 24.5 Å². The van der Waals surface area contributed by atoms with Gasteiger partial charge in [-0.1, -0.05) is 18.2 Å². The third-order valence-corrected chi connectivity index (χ3v) is 6.39. The molecule has 1 fully saturated rings. The number of hydrogen-bond donors (Lipinski definition) is 1. The molecule has 0 unspecified atom stereocenters. The Morgan fingerprint density at radius 2 is 2.04 bits per heavy atom. The molecule has 1 aromatic carbocycles. The lowest BCUT2D eigenvalue weighted by Crippen LogP contribution is -2.64. The van der Waals surface area contributed by atoms with Crippen molar-refractivity contribution in [1.29, 1.82) is 0 Å². The number of carbonyl (C=O) groups is 1. The number of nitrogens with zero attached hydrogens (tertiary/aromatic N) is 1. The van der Waals surface area contributed by atoms with Gasteiger partial charge in [-0.3, -0.25) is 4.79 Å². The molecule has 2 aliphatic heterocycles. The summed E-state index contributed by atoms with van der Waals surface area (Å²) in [6.45, 7) is 2.38. The molecule has 150 valence electrons. The zero-order valence-electron chi connectivity index (χ0n) is 15.4. The number of ether oxygens (including phenoxy) is 2. The van der Waals surface area contributed by atoms with Crippen molar-refractivity contribution in [2.45, 2.75) is 43.4 Å². The molecule has 5 rings (SSSR count). The lowest BCUT2D eigenvalue weighted by molar-refractivity contribution is -0.132. The molecule has 7 N–H and O–H groups in total. The second-order valence-electron chi connectivity index (χ2n) is 7.50. The van der Waals surface area contributed by atoms with Gasteiger partial charge < -0.3 is 35.9 Å². The SMILES string of the molecule is CC(=O)Oc1ccc2c3c1O[C@H]1[C@@H](O)C=C[C@H]4[C@@H](C2)N(C)CC[C@@]341.O.O.O. The fraction of sp³-hybridized carbons (Fsp3) is 0.526. The maximum absolute atomic E-state index is 11.5. The Morgan fingerprint density at radius 1 is 1.30 bits per heavy atom. The molecular weight excluding hydrogens is 354 g/mol. The van der Waals surface area contributed by atoms with Gasteiger partial charge in [0.05, 0.1) is 0 Å². The number of hydrogen-bond acceptors (Lipinski definition) is 5. The molecule has 0 radical (unpaired) electrons. The van der Waals surface area contributed by atoms with E-state index >= 15 is 0 Å². The molecule has 8 nitrogen and oxygen atoms in total. The van der Waals surface area contributed by atoms with Gasteiger partial charge >= 0.3 is 5.97 Å². The number of likely N-dealkylation sites (N-methyl/N-ethyl adjacent to an activating group) is 1. The van der Waals surface area contributed by atoms with E-state index in [0.29, 0.717) is 23.5 Å². The molecule has 5 atom stereocenters. The van der Waals surface area contributed by atoms with Crippen molar-refractivity contribution in [3.63, 3.8) is 0 Å². The van der Waals surface area contributed by atoms with Gasteiger partial charge in [0.1, 0.15) is 12.2 Å². The third kappa shape index (κ3) is 2.52. The maximum Gasteiger partial charge on any atom is 0.308 e. The molecule has 4 aliphatic rings. The second kappa shape index (κ2) is 6.88. The van der Waals surface area contributed by atoms with Crippen LogP contribution in [0.25, 0.3) is 0 Å². The molecule has 1 aromatic rings. The first kappa shape index (κ1) is 21.3. The normalized spacial score (nSPS) is 34.2. The van der Waals surface area contributed by atoms with Gasteiger partial charge in [0, 0.05) is 29.9 Å². The molecule has 2 aliphatic carbocycles. The van der Waals surface area contributed by atoms with Gasteiger partial charge in [-0.15, -0.1) is 0 Å². The first-order valence-electron chi connectivity index (χ1n) is 8.60. The fourth-order valence-electron chi connectivity index (χ4n) is 5.46. The van der Waals surface area contributed by atoms with Crippen LogP contribution in [0, 0.1) is 5.92 Å². The van der Waals surface area contributed by atoms with Gasteiger partial charge in [0.2, 0.25) is 0 Å². The molecule has 2 heterocycles. The molecule has 27 heavy (non-hydrogen) atoms. The maximum atomic E-state index is 11.5. The first-order valence-corrected chi connectivity index (χ1v) is 8.60. The topological polar surface area (TPSA) is 154 Å². The molecular formula is C19H27NO7. The van der Waals surface area contributed by atoms with Crippen molar-refractivity contribution in [3.8, 4) is 11.5 Å². The highest BCUT2D eigenvalue weighted by atomic mass is 16.6. The monoisotopic (exact) mass is 381 g/mol. The van der Waals surface area contributed by atoms with E-state index in [2.05, 4.69) is 24.1 Å². The zero-order chi connectivity index (χ0) is 16.6. The van der Waals surface area contributed by atoms with E-state index < -0.39 is 6.10 Å². The Labute approximate surface area is 157 Å². The molecule has 1 saturated heterocycles. The van der Waals surface area contributed by atoms with Gasteiger partial charge in [0.25, 0.3) is 0 Å². The standard InChI is InChI=1S/C19H21NO4.3H2O/c1-10(21)23-15-6-3-11-9-13-12-4-5-14(22)18-19(12,7-8-20(13)2)16(11)17(15)24-18;;;/h3-6,12-14,18,22H,7-9H2,1-2H3;3*1H2/t12-,13+,14-,18-,19-;;;/m0.../s1. The number of piperidine rings is 1. The van der Waals surface area contributed by atoms with Crippen molar-refractivity contribution in [2.24, 2.45) is 5.92 Å². The van der Waals surface area contributed by atoms with E-state index in [1.807, 2.05) is 12.1 Å². The summed E-state index contributed by atoms with van der Waals surface area (Å²) >= 11 is 0. The van der Waals surface area contributed by atoms with Crippen LogP contribution in [0.4, 0.5) is 0 Å². The van der Waals surface area contributed by atoms with E-state index in [4.69, 9.17) is 9.47 Å². The van der Waals surface area contributed by atoms with Crippen molar-refractivity contribution >= 4 is 5.97 Å². The van der Waals surface area contributed by atoms with Crippen molar-refractivity contribution in [1.82, 2.24) is 4.90 Å². The third-order valence-electron chi connectivity index (χ3n) is 6.39. The van der Waals surface area contributed by atoms with Gasteiger partial charge in [-0.05, 0) is 38.1 Å². The summed E-state index contributed by atoms with van der Waals surface area (Å²) in [7, 11) is 2.18. The number of likely N-dealkylation sites (tertiary alicyclic amines) is 1. The summed E-state index contributed by atoms with van der Waals surface area (Å²) in [5.41, 5.74) is 2.23. The molecule has 0 aromatic heterocycles. The van der Waals surface area contributed by atoms with E-state index in [1.165, 1.54) is 18.1 Å². The molecule has 0 amide bonds. The minimum absolute atomic E-state index is 0. The van der Waals surface area contributed by atoms with Crippen LogP contribution in [-0.4, -0.2) is 64.2 Å². The van der Waals surface area contributed by atoms with E-state index in [0.717, 1.165) is 19.4 Å². The predicted octanol–water partition coefficient (Wildman–Crippen LogP) is -1.06. The Bertz CT molecular complexity index is 780. The number of carbonyl (C=O) groups excluding carboxylic acids is 1. The Kier molecular flexibility index (Phi) is 5.44. The quantitative estimate of drug-likeness (QED) is 0.373. The summed E-state index contributed by atoms with van der Waals surface area (Å²) in [5.74, 6) is 1.12.